The number of H-pyrrole nitrogens is 1. The third-order valence-corrected chi connectivity index (χ3v) is 2.79. The first kappa shape index (κ1) is 10.2. The molecular weight excluding hydrogens is 236 g/mol. The van der Waals surface area contributed by atoms with Crippen LogP contribution in [-0.4, -0.2) is 19.9 Å². The van der Waals surface area contributed by atoms with Gasteiger partial charge in [-0.2, -0.15) is 0 Å². The molecule has 5 heteroatoms. The summed E-state index contributed by atoms with van der Waals surface area (Å²) < 4.78 is 0. The van der Waals surface area contributed by atoms with Gasteiger partial charge in [-0.05, 0) is 19.1 Å². The SMILES string of the molecule is Cc1cnc(-c2nc3c(Cl)cccc3[nH]2)cn1. The number of hydrogen-bond donors (Lipinski definition) is 1. The van der Waals surface area contributed by atoms with Crippen LogP contribution in [0.3, 0.4) is 0 Å². The summed E-state index contributed by atoms with van der Waals surface area (Å²) in [5.41, 5.74) is 3.24. The highest BCUT2D eigenvalue weighted by molar-refractivity contribution is 6.34. The summed E-state index contributed by atoms with van der Waals surface area (Å²) in [5.74, 6) is 0.681. The van der Waals surface area contributed by atoms with Gasteiger partial charge in [-0.15, -0.1) is 0 Å². The number of nitrogens with zero attached hydrogens (tertiary/aromatic N) is 3. The van der Waals surface area contributed by atoms with E-state index in [1.807, 2.05) is 25.1 Å². The molecule has 0 saturated heterocycles. The Bertz CT molecular complexity index is 673. The highest BCUT2D eigenvalue weighted by Gasteiger charge is 2.08. The van der Waals surface area contributed by atoms with E-state index in [1.165, 1.54) is 0 Å². The molecule has 0 amide bonds. The van der Waals surface area contributed by atoms with Crippen LogP contribution in [0.4, 0.5) is 0 Å². The molecule has 2 heterocycles. The molecule has 0 saturated carbocycles. The molecule has 0 radical (unpaired) electrons. The van der Waals surface area contributed by atoms with E-state index in [4.69, 9.17) is 11.6 Å². The van der Waals surface area contributed by atoms with Crippen LogP contribution in [0.5, 0.6) is 0 Å². The van der Waals surface area contributed by atoms with Crippen LogP contribution in [0.15, 0.2) is 30.6 Å². The number of para-hydroxylation sites is 1. The smallest absolute Gasteiger partial charge is 0.158 e. The van der Waals surface area contributed by atoms with Gasteiger partial charge in [0.05, 0.1) is 22.4 Å². The summed E-state index contributed by atoms with van der Waals surface area (Å²) in [5, 5.41) is 0.630. The Morgan fingerprint density at radius 1 is 1.18 bits per heavy atom. The van der Waals surface area contributed by atoms with Gasteiger partial charge >= 0.3 is 0 Å². The molecule has 0 fully saturated rings. The summed E-state index contributed by atoms with van der Waals surface area (Å²) >= 11 is 6.06. The summed E-state index contributed by atoms with van der Waals surface area (Å²) in [7, 11) is 0. The highest BCUT2D eigenvalue weighted by atomic mass is 35.5. The van der Waals surface area contributed by atoms with Gasteiger partial charge in [-0.3, -0.25) is 4.98 Å². The minimum Gasteiger partial charge on any atom is -0.337 e. The third-order valence-electron chi connectivity index (χ3n) is 2.49. The molecule has 84 valence electrons. The van der Waals surface area contributed by atoms with Gasteiger partial charge in [0.1, 0.15) is 11.2 Å². The van der Waals surface area contributed by atoms with Crippen LogP contribution in [-0.2, 0) is 0 Å². The molecule has 2 aromatic heterocycles. The Labute approximate surface area is 103 Å². The maximum Gasteiger partial charge on any atom is 0.158 e. The van der Waals surface area contributed by atoms with Crippen molar-refractivity contribution in [3.8, 4) is 11.5 Å². The lowest BCUT2D eigenvalue weighted by Gasteiger charge is -1.94. The zero-order valence-electron chi connectivity index (χ0n) is 9.11. The van der Waals surface area contributed by atoms with Crippen molar-refractivity contribution in [2.24, 2.45) is 0 Å². The number of aryl methyl sites for hydroxylation is 1. The number of rotatable bonds is 1. The van der Waals surface area contributed by atoms with Crippen molar-refractivity contribution in [3.63, 3.8) is 0 Å². The number of benzene rings is 1. The second kappa shape index (κ2) is 3.82. The number of aromatic nitrogens is 4. The molecular formula is C12H9ClN4. The number of imidazole rings is 1. The van der Waals surface area contributed by atoms with Crippen LogP contribution in [0.2, 0.25) is 5.02 Å². The fraction of sp³-hybridized carbons (Fsp3) is 0.0833. The predicted molar refractivity (Wildman–Crippen MR) is 66.9 cm³/mol. The first-order valence-corrected chi connectivity index (χ1v) is 5.55. The molecule has 3 aromatic rings. The molecule has 3 rings (SSSR count). The van der Waals surface area contributed by atoms with Crippen molar-refractivity contribution >= 4 is 22.6 Å². The largest absolute Gasteiger partial charge is 0.337 e. The number of nitrogens with one attached hydrogen (secondary N) is 1. The van der Waals surface area contributed by atoms with Crippen LogP contribution < -0.4 is 0 Å². The maximum atomic E-state index is 6.06. The number of halogens is 1. The van der Waals surface area contributed by atoms with Gasteiger partial charge in [0, 0.05) is 6.20 Å². The molecule has 0 atom stereocenters. The van der Waals surface area contributed by atoms with Crippen molar-refractivity contribution in [2.75, 3.05) is 0 Å². The molecule has 17 heavy (non-hydrogen) atoms. The standard InChI is InChI=1S/C12H9ClN4/c1-7-5-15-10(6-14-7)12-16-9-4-2-3-8(13)11(9)17-12/h2-6H,1H3,(H,16,17). The van der Waals surface area contributed by atoms with E-state index in [0.717, 1.165) is 16.7 Å². The van der Waals surface area contributed by atoms with E-state index in [-0.39, 0.29) is 0 Å². The van der Waals surface area contributed by atoms with Gasteiger partial charge in [-0.1, -0.05) is 17.7 Å². The van der Waals surface area contributed by atoms with Crippen LogP contribution in [0.1, 0.15) is 5.69 Å². The van der Waals surface area contributed by atoms with Crippen molar-refractivity contribution in [1.29, 1.82) is 0 Å². The Morgan fingerprint density at radius 2 is 2.06 bits per heavy atom. The van der Waals surface area contributed by atoms with E-state index in [9.17, 15) is 0 Å². The summed E-state index contributed by atoms with van der Waals surface area (Å²) in [6.45, 7) is 1.90. The van der Waals surface area contributed by atoms with Crippen molar-refractivity contribution in [1.82, 2.24) is 19.9 Å². The summed E-state index contributed by atoms with van der Waals surface area (Å²) in [6, 6.07) is 5.63. The molecule has 0 aliphatic rings. The van der Waals surface area contributed by atoms with Gasteiger partial charge in [-0.25, -0.2) is 9.97 Å². The Balaban J connectivity index is 2.18. The van der Waals surface area contributed by atoms with Crippen molar-refractivity contribution in [3.05, 3.63) is 41.3 Å². The summed E-state index contributed by atoms with van der Waals surface area (Å²) in [6.07, 6.45) is 3.41. The Kier molecular flexibility index (Phi) is 2.30. The molecule has 0 unspecified atom stereocenters. The number of fused-ring (bicyclic) bond motifs is 1. The topological polar surface area (TPSA) is 54.5 Å². The Hall–Kier alpha value is -1.94. The van der Waals surface area contributed by atoms with Crippen LogP contribution >= 0.6 is 11.6 Å². The van der Waals surface area contributed by atoms with Gasteiger partial charge in [0.15, 0.2) is 5.82 Å². The minimum absolute atomic E-state index is 0.630. The normalized spacial score (nSPS) is 10.9. The lowest BCUT2D eigenvalue weighted by atomic mass is 10.3. The zero-order valence-corrected chi connectivity index (χ0v) is 9.86. The average molecular weight is 245 g/mol. The van der Waals surface area contributed by atoms with Gasteiger partial charge in [0.2, 0.25) is 0 Å². The predicted octanol–water partition coefficient (Wildman–Crippen LogP) is 2.98. The maximum absolute atomic E-state index is 6.06. The van der Waals surface area contributed by atoms with Gasteiger partial charge < -0.3 is 4.98 Å². The first-order valence-electron chi connectivity index (χ1n) is 5.17. The molecule has 0 bridgehead atoms. The second-order valence-corrected chi connectivity index (χ2v) is 4.17. The van der Waals surface area contributed by atoms with E-state index in [0.29, 0.717) is 16.5 Å². The fourth-order valence-electron chi connectivity index (χ4n) is 1.63. The molecule has 4 nitrogen and oxygen atoms in total. The van der Waals surface area contributed by atoms with E-state index in [1.54, 1.807) is 12.4 Å². The third kappa shape index (κ3) is 1.76. The lowest BCUT2D eigenvalue weighted by molar-refractivity contribution is 1.10. The van der Waals surface area contributed by atoms with Gasteiger partial charge in [0.25, 0.3) is 0 Å². The number of hydrogen-bond acceptors (Lipinski definition) is 3. The fourth-order valence-corrected chi connectivity index (χ4v) is 1.85. The van der Waals surface area contributed by atoms with Crippen LogP contribution in [0.25, 0.3) is 22.6 Å². The molecule has 0 aliphatic carbocycles. The second-order valence-electron chi connectivity index (χ2n) is 3.76. The minimum atomic E-state index is 0.630. The van der Waals surface area contributed by atoms with Crippen LogP contribution in [0, 0.1) is 6.92 Å². The Morgan fingerprint density at radius 3 is 2.76 bits per heavy atom. The molecule has 1 aromatic carbocycles. The monoisotopic (exact) mass is 244 g/mol. The van der Waals surface area contributed by atoms with Crippen molar-refractivity contribution < 1.29 is 0 Å². The number of aromatic amines is 1. The first-order chi connectivity index (χ1) is 8.24. The van der Waals surface area contributed by atoms with E-state index >= 15 is 0 Å². The quantitative estimate of drug-likeness (QED) is 0.716. The highest BCUT2D eigenvalue weighted by Crippen LogP contribution is 2.24. The van der Waals surface area contributed by atoms with Crippen molar-refractivity contribution in [2.45, 2.75) is 6.92 Å². The lowest BCUT2D eigenvalue weighted by Crippen LogP contribution is -1.89. The molecule has 1 N–H and O–H groups in total. The molecule has 0 spiro atoms. The zero-order chi connectivity index (χ0) is 11.8. The molecule has 0 aliphatic heterocycles. The van der Waals surface area contributed by atoms with E-state index < -0.39 is 0 Å². The summed E-state index contributed by atoms with van der Waals surface area (Å²) in [4.78, 5) is 16.1. The van der Waals surface area contributed by atoms with E-state index in [2.05, 4.69) is 19.9 Å². The average Bonchev–Trinajstić information content (AvgIpc) is 2.75.